The van der Waals surface area contributed by atoms with Crippen molar-refractivity contribution in [1.29, 1.82) is 0 Å². The Balaban J connectivity index is 2.84. The monoisotopic (exact) mass is 236 g/mol. The predicted octanol–water partition coefficient (Wildman–Crippen LogP) is 3.47. The van der Waals surface area contributed by atoms with E-state index in [1.165, 1.54) is 0 Å². The average molecular weight is 236 g/mol. The number of hydrogen-bond donors (Lipinski definition) is 0. The zero-order valence-corrected chi connectivity index (χ0v) is 10.8. The molecule has 0 aliphatic rings. The highest BCUT2D eigenvalue weighted by atomic mass is 16.5. The minimum Gasteiger partial charge on any atom is -0.493 e. The van der Waals surface area contributed by atoms with E-state index in [4.69, 9.17) is 9.47 Å². The minimum absolute atomic E-state index is 0.160. The molecule has 0 aromatic heterocycles. The highest BCUT2D eigenvalue weighted by Crippen LogP contribution is 2.28. The van der Waals surface area contributed by atoms with Gasteiger partial charge in [0.1, 0.15) is 0 Å². The summed E-state index contributed by atoms with van der Waals surface area (Å²) < 4.78 is 10.6. The van der Waals surface area contributed by atoms with E-state index in [2.05, 4.69) is 6.92 Å². The van der Waals surface area contributed by atoms with Crippen molar-refractivity contribution in [3.63, 3.8) is 0 Å². The number of methoxy groups -OCH3 is 1. The van der Waals surface area contributed by atoms with Crippen LogP contribution in [-0.4, -0.2) is 19.5 Å². The molecule has 0 N–H and O–H groups in total. The molecule has 1 rings (SSSR count). The Morgan fingerprint density at radius 2 is 2.00 bits per heavy atom. The first-order chi connectivity index (χ1) is 8.22. The van der Waals surface area contributed by atoms with Gasteiger partial charge in [-0.05, 0) is 31.5 Å². The van der Waals surface area contributed by atoms with E-state index in [1.807, 2.05) is 6.92 Å². The maximum absolute atomic E-state index is 11.8. The maximum atomic E-state index is 11.8. The zero-order valence-electron chi connectivity index (χ0n) is 10.8. The predicted molar refractivity (Wildman–Crippen MR) is 68.0 cm³/mol. The van der Waals surface area contributed by atoms with Crippen molar-refractivity contribution in [2.75, 3.05) is 13.7 Å². The van der Waals surface area contributed by atoms with Gasteiger partial charge >= 0.3 is 0 Å². The van der Waals surface area contributed by atoms with Crippen molar-refractivity contribution in [1.82, 2.24) is 0 Å². The molecule has 0 heterocycles. The van der Waals surface area contributed by atoms with E-state index in [1.54, 1.807) is 25.3 Å². The molecule has 0 aliphatic carbocycles. The largest absolute Gasteiger partial charge is 0.493 e. The second kappa shape index (κ2) is 6.94. The van der Waals surface area contributed by atoms with Crippen LogP contribution in [0.15, 0.2) is 18.2 Å². The first kappa shape index (κ1) is 13.6. The summed E-state index contributed by atoms with van der Waals surface area (Å²) in [5.41, 5.74) is 0.693. The molecule has 0 radical (unpaired) electrons. The molecule has 1 aromatic carbocycles. The smallest absolute Gasteiger partial charge is 0.163 e. The number of benzene rings is 1. The van der Waals surface area contributed by atoms with Crippen molar-refractivity contribution in [2.45, 2.75) is 33.1 Å². The normalized spacial score (nSPS) is 10.1. The Labute approximate surface area is 103 Å². The Bertz CT molecular complexity index is 372. The van der Waals surface area contributed by atoms with Gasteiger partial charge in [0.2, 0.25) is 0 Å². The molecule has 0 saturated carbocycles. The van der Waals surface area contributed by atoms with Gasteiger partial charge in [-0.15, -0.1) is 0 Å². The highest BCUT2D eigenvalue weighted by molar-refractivity contribution is 5.96. The summed E-state index contributed by atoms with van der Waals surface area (Å²) in [7, 11) is 1.58. The first-order valence-electron chi connectivity index (χ1n) is 6.07. The summed E-state index contributed by atoms with van der Waals surface area (Å²) in [5.74, 6) is 1.46. The van der Waals surface area contributed by atoms with Gasteiger partial charge in [-0.1, -0.05) is 13.3 Å². The molecular weight excluding hydrogens is 216 g/mol. The van der Waals surface area contributed by atoms with E-state index in [-0.39, 0.29) is 5.78 Å². The van der Waals surface area contributed by atoms with Crippen LogP contribution in [0, 0.1) is 0 Å². The van der Waals surface area contributed by atoms with Gasteiger partial charge < -0.3 is 9.47 Å². The lowest BCUT2D eigenvalue weighted by Gasteiger charge is -2.10. The second-order valence-corrected chi connectivity index (χ2v) is 3.83. The van der Waals surface area contributed by atoms with E-state index in [0.717, 1.165) is 12.8 Å². The molecule has 0 saturated heterocycles. The van der Waals surface area contributed by atoms with Crippen LogP contribution in [0.3, 0.4) is 0 Å². The lowest BCUT2D eigenvalue weighted by molar-refractivity contribution is 0.0979. The topological polar surface area (TPSA) is 35.5 Å². The second-order valence-electron chi connectivity index (χ2n) is 3.83. The zero-order chi connectivity index (χ0) is 12.7. The summed E-state index contributed by atoms with van der Waals surface area (Å²) in [4.78, 5) is 11.8. The van der Waals surface area contributed by atoms with Gasteiger partial charge in [-0.2, -0.15) is 0 Å². The maximum Gasteiger partial charge on any atom is 0.163 e. The van der Waals surface area contributed by atoms with Crippen LogP contribution < -0.4 is 9.47 Å². The Morgan fingerprint density at radius 3 is 2.59 bits per heavy atom. The number of carbonyl (C=O) groups excluding carboxylic acids is 1. The van der Waals surface area contributed by atoms with Crippen molar-refractivity contribution in [3.8, 4) is 11.5 Å². The molecule has 17 heavy (non-hydrogen) atoms. The molecule has 0 aliphatic heterocycles. The number of rotatable bonds is 7. The third kappa shape index (κ3) is 3.77. The van der Waals surface area contributed by atoms with E-state index in [0.29, 0.717) is 30.1 Å². The molecule has 3 nitrogen and oxygen atoms in total. The van der Waals surface area contributed by atoms with Crippen LogP contribution >= 0.6 is 0 Å². The molecule has 0 fully saturated rings. The van der Waals surface area contributed by atoms with E-state index >= 15 is 0 Å². The van der Waals surface area contributed by atoms with Crippen molar-refractivity contribution in [3.05, 3.63) is 23.8 Å². The standard InChI is InChI=1S/C14H20O3/c1-4-6-7-12(15)11-8-9-13(17-5-2)14(10-11)16-3/h8-10H,4-7H2,1-3H3. The minimum atomic E-state index is 0.160. The molecule has 94 valence electrons. The number of ether oxygens (including phenoxy) is 2. The molecule has 0 bridgehead atoms. The molecule has 0 amide bonds. The third-order valence-electron chi connectivity index (χ3n) is 2.54. The van der Waals surface area contributed by atoms with Crippen LogP contribution in [0.25, 0.3) is 0 Å². The van der Waals surface area contributed by atoms with Crippen LogP contribution in [0.2, 0.25) is 0 Å². The van der Waals surface area contributed by atoms with Gasteiger partial charge in [0, 0.05) is 12.0 Å². The third-order valence-corrected chi connectivity index (χ3v) is 2.54. The quantitative estimate of drug-likeness (QED) is 0.680. The van der Waals surface area contributed by atoms with Crippen LogP contribution in [0.1, 0.15) is 43.5 Å². The number of Topliss-reactive ketones (excluding diaryl/α,β-unsaturated/α-hetero) is 1. The summed E-state index contributed by atoms with van der Waals surface area (Å²) in [6.45, 7) is 4.57. The van der Waals surface area contributed by atoms with Crippen LogP contribution in [0.5, 0.6) is 11.5 Å². The van der Waals surface area contributed by atoms with Gasteiger partial charge in [-0.25, -0.2) is 0 Å². The van der Waals surface area contributed by atoms with Gasteiger partial charge in [0.25, 0.3) is 0 Å². The van der Waals surface area contributed by atoms with E-state index < -0.39 is 0 Å². The Kier molecular flexibility index (Phi) is 5.53. The number of carbonyl (C=O) groups is 1. The highest BCUT2D eigenvalue weighted by Gasteiger charge is 2.10. The Hall–Kier alpha value is -1.51. The van der Waals surface area contributed by atoms with Crippen LogP contribution in [0.4, 0.5) is 0 Å². The molecule has 1 aromatic rings. The van der Waals surface area contributed by atoms with Gasteiger partial charge in [0.15, 0.2) is 17.3 Å². The summed E-state index contributed by atoms with van der Waals surface area (Å²) in [5, 5.41) is 0. The molecule has 0 atom stereocenters. The first-order valence-corrected chi connectivity index (χ1v) is 6.07. The fourth-order valence-electron chi connectivity index (χ4n) is 1.60. The average Bonchev–Trinajstić information content (AvgIpc) is 2.36. The number of unbranched alkanes of at least 4 members (excludes halogenated alkanes) is 1. The molecule has 3 heteroatoms. The number of ketones is 1. The molecule has 0 spiro atoms. The summed E-state index contributed by atoms with van der Waals surface area (Å²) in [6.07, 6.45) is 2.54. The fraction of sp³-hybridized carbons (Fsp3) is 0.500. The number of hydrogen-bond acceptors (Lipinski definition) is 3. The molecule has 0 unspecified atom stereocenters. The lowest BCUT2D eigenvalue weighted by atomic mass is 10.1. The van der Waals surface area contributed by atoms with Gasteiger partial charge in [-0.3, -0.25) is 4.79 Å². The van der Waals surface area contributed by atoms with E-state index in [9.17, 15) is 4.79 Å². The summed E-state index contributed by atoms with van der Waals surface area (Å²) in [6, 6.07) is 5.34. The van der Waals surface area contributed by atoms with Gasteiger partial charge in [0.05, 0.1) is 13.7 Å². The SMILES string of the molecule is CCCCC(=O)c1ccc(OCC)c(OC)c1. The van der Waals surface area contributed by atoms with Crippen molar-refractivity contribution >= 4 is 5.78 Å². The Morgan fingerprint density at radius 1 is 1.24 bits per heavy atom. The fourth-order valence-corrected chi connectivity index (χ4v) is 1.60. The lowest BCUT2D eigenvalue weighted by Crippen LogP contribution is -2.01. The van der Waals surface area contributed by atoms with Crippen LogP contribution in [-0.2, 0) is 0 Å². The van der Waals surface area contributed by atoms with Crippen molar-refractivity contribution < 1.29 is 14.3 Å². The summed E-state index contributed by atoms with van der Waals surface area (Å²) >= 11 is 0. The van der Waals surface area contributed by atoms with Crippen molar-refractivity contribution in [2.24, 2.45) is 0 Å². The molecular formula is C14H20O3.